The van der Waals surface area contributed by atoms with Crippen molar-refractivity contribution in [3.05, 3.63) is 69.3 Å². The van der Waals surface area contributed by atoms with Crippen molar-refractivity contribution < 1.29 is 34.1 Å². The molecule has 0 saturated heterocycles. The molecule has 0 aliphatic heterocycles. The van der Waals surface area contributed by atoms with Crippen LogP contribution < -0.4 is 14.8 Å². The van der Waals surface area contributed by atoms with Crippen molar-refractivity contribution in [2.45, 2.75) is 57.3 Å². The SMILES string of the molecule is COc1cccc(CCN(C(=O)CCCC(C)=O)C2CC(C(=O)NCCO)=CC(Oc3ccccc3I)C2O)c1. The van der Waals surface area contributed by atoms with Crippen molar-refractivity contribution in [1.29, 1.82) is 0 Å². The first kappa shape index (κ1) is 31.6. The molecule has 0 fully saturated rings. The Kier molecular flexibility index (Phi) is 12.4. The number of para-hydroxylation sites is 1. The highest BCUT2D eigenvalue weighted by Crippen LogP contribution is 2.30. The van der Waals surface area contributed by atoms with Crippen LogP contribution in [0.15, 0.2) is 60.2 Å². The van der Waals surface area contributed by atoms with Crippen molar-refractivity contribution in [1.82, 2.24) is 10.2 Å². The molecule has 9 nitrogen and oxygen atoms in total. The van der Waals surface area contributed by atoms with Gasteiger partial charge in [0.15, 0.2) is 0 Å². The van der Waals surface area contributed by atoms with E-state index in [9.17, 15) is 24.6 Å². The maximum Gasteiger partial charge on any atom is 0.247 e. The third kappa shape index (κ3) is 9.03. The van der Waals surface area contributed by atoms with Crippen molar-refractivity contribution in [2.24, 2.45) is 0 Å². The lowest BCUT2D eigenvalue weighted by Crippen LogP contribution is -2.55. The van der Waals surface area contributed by atoms with Gasteiger partial charge in [-0.3, -0.25) is 9.59 Å². The first-order valence-corrected chi connectivity index (χ1v) is 14.4. The van der Waals surface area contributed by atoms with Crippen LogP contribution in [0, 0.1) is 3.57 Å². The van der Waals surface area contributed by atoms with Gasteiger partial charge in [-0.25, -0.2) is 0 Å². The highest BCUT2D eigenvalue weighted by Gasteiger charge is 2.40. The normalized spacial score (nSPS) is 18.4. The maximum absolute atomic E-state index is 13.6. The van der Waals surface area contributed by atoms with Crippen LogP contribution in [-0.4, -0.2) is 77.8 Å². The molecular weight excluding hydrogens is 627 g/mol. The molecule has 3 unspecified atom stereocenters. The average molecular weight is 665 g/mol. The molecule has 2 amide bonds. The second-order valence-corrected chi connectivity index (χ2v) is 10.9. The van der Waals surface area contributed by atoms with Crippen molar-refractivity contribution in [2.75, 3.05) is 26.8 Å². The van der Waals surface area contributed by atoms with Crippen LogP contribution in [0.1, 0.15) is 38.2 Å². The molecule has 0 saturated carbocycles. The topological polar surface area (TPSA) is 125 Å². The second kappa shape index (κ2) is 15.7. The number of hydrogen-bond donors (Lipinski definition) is 3. The Morgan fingerprint density at radius 3 is 2.60 bits per heavy atom. The minimum Gasteiger partial charge on any atom is -0.497 e. The molecule has 0 heterocycles. The van der Waals surface area contributed by atoms with Gasteiger partial charge in [0.25, 0.3) is 0 Å². The summed E-state index contributed by atoms with van der Waals surface area (Å²) in [7, 11) is 1.59. The van der Waals surface area contributed by atoms with Crippen molar-refractivity contribution >= 4 is 40.2 Å². The number of carbonyl (C=O) groups is 3. The molecule has 40 heavy (non-hydrogen) atoms. The Morgan fingerprint density at radius 2 is 1.90 bits per heavy atom. The Balaban J connectivity index is 1.92. The van der Waals surface area contributed by atoms with Crippen LogP contribution in [-0.2, 0) is 20.8 Å². The Hall–Kier alpha value is -2.96. The standard InChI is InChI=1S/C30H37IN2O7/c1-20(35)7-5-12-28(36)33(15-13-21-8-6-9-23(17-21)39-2)25-18-22(30(38)32-14-16-34)19-27(29(25)37)40-26-11-4-3-10-24(26)31/h3-4,6,8-11,17,19,25,27,29,34,37H,5,7,12-16,18H2,1-2H3,(H,32,38). The fourth-order valence-corrected chi connectivity index (χ4v) is 5.17. The zero-order valence-corrected chi connectivity index (χ0v) is 25.0. The number of aliphatic hydroxyl groups excluding tert-OH is 2. The number of ether oxygens (including phenoxy) is 2. The number of rotatable bonds is 14. The summed E-state index contributed by atoms with van der Waals surface area (Å²) in [6, 6.07) is 14.2. The molecule has 2 aromatic carbocycles. The third-order valence-electron chi connectivity index (χ3n) is 6.73. The first-order chi connectivity index (χ1) is 19.2. The van der Waals surface area contributed by atoms with E-state index >= 15 is 0 Å². The molecule has 0 radical (unpaired) electrons. The molecule has 3 N–H and O–H groups in total. The molecule has 1 aliphatic carbocycles. The van der Waals surface area contributed by atoms with Gasteiger partial charge in [-0.2, -0.15) is 0 Å². The highest BCUT2D eigenvalue weighted by atomic mass is 127. The summed E-state index contributed by atoms with van der Waals surface area (Å²) in [5, 5.41) is 23.4. The van der Waals surface area contributed by atoms with E-state index < -0.39 is 18.2 Å². The molecular formula is C30H37IN2O7. The number of amides is 2. The molecule has 0 bridgehead atoms. The van der Waals surface area contributed by atoms with Crippen molar-refractivity contribution in [3.63, 3.8) is 0 Å². The van der Waals surface area contributed by atoms with Gasteiger partial charge in [-0.15, -0.1) is 0 Å². The van der Waals surface area contributed by atoms with E-state index in [0.717, 1.165) is 9.13 Å². The van der Waals surface area contributed by atoms with E-state index in [4.69, 9.17) is 9.47 Å². The minimum atomic E-state index is -1.12. The van der Waals surface area contributed by atoms with E-state index in [0.29, 0.717) is 29.9 Å². The third-order valence-corrected chi connectivity index (χ3v) is 7.62. The molecule has 3 rings (SSSR count). The van der Waals surface area contributed by atoms with E-state index in [1.54, 1.807) is 24.2 Å². The van der Waals surface area contributed by atoms with Gasteiger partial charge in [-0.05, 0) is 78.3 Å². The van der Waals surface area contributed by atoms with Gasteiger partial charge in [0, 0.05) is 37.9 Å². The summed E-state index contributed by atoms with van der Waals surface area (Å²) in [6.45, 7) is 1.64. The van der Waals surface area contributed by atoms with Gasteiger partial charge in [0.05, 0.1) is 23.3 Å². The number of ketones is 1. The van der Waals surface area contributed by atoms with Crippen molar-refractivity contribution in [3.8, 4) is 11.5 Å². The Bertz CT molecular complexity index is 1200. The van der Waals surface area contributed by atoms with E-state index in [1.165, 1.54) is 6.92 Å². The second-order valence-electron chi connectivity index (χ2n) is 9.69. The average Bonchev–Trinajstić information content (AvgIpc) is 2.94. The lowest BCUT2D eigenvalue weighted by Gasteiger charge is -2.40. The van der Waals surface area contributed by atoms with Crippen LogP contribution in [0.4, 0.5) is 0 Å². The first-order valence-electron chi connectivity index (χ1n) is 13.3. The molecule has 1 aliphatic rings. The molecule has 0 aromatic heterocycles. The van der Waals surface area contributed by atoms with Crippen LogP contribution in [0.25, 0.3) is 0 Å². The van der Waals surface area contributed by atoms with Gasteiger partial charge in [0.2, 0.25) is 11.8 Å². The number of halogens is 1. The van der Waals surface area contributed by atoms with Crippen LogP contribution in [0.2, 0.25) is 0 Å². The Morgan fingerprint density at radius 1 is 1.12 bits per heavy atom. The molecule has 3 atom stereocenters. The largest absolute Gasteiger partial charge is 0.497 e. The fourth-order valence-electron chi connectivity index (χ4n) is 4.65. The van der Waals surface area contributed by atoms with Gasteiger partial charge >= 0.3 is 0 Å². The molecule has 0 spiro atoms. The number of hydrogen-bond acceptors (Lipinski definition) is 7. The van der Waals surface area contributed by atoms with Crippen LogP contribution in [0.3, 0.4) is 0 Å². The Labute approximate surface area is 248 Å². The lowest BCUT2D eigenvalue weighted by atomic mass is 9.87. The molecule has 10 heteroatoms. The van der Waals surface area contributed by atoms with E-state index in [-0.39, 0.29) is 56.6 Å². The lowest BCUT2D eigenvalue weighted by molar-refractivity contribution is -0.138. The number of benzene rings is 2. The van der Waals surface area contributed by atoms with Gasteiger partial charge < -0.3 is 34.7 Å². The summed E-state index contributed by atoms with van der Waals surface area (Å²) in [5.74, 6) is 0.656. The van der Waals surface area contributed by atoms with Gasteiger partial charge in [-0.1, -0.05) is 24.3 Å². The number of nitrogens with zero attached hydrogens (tertiary/aromatic N) is 1. The zero-order valence-electron chi connectivity index (χ0n) is 22.8. The number of carbonyl (C=O) groups excluding carboxylic acids is 3. The smallest absolute Gasteiger partial charge is 0.247 e. The van der Waals surface area contributed by atoms with E-state index in [2.05, 4.69) is 27.9 Å². The number of aliphatic hydroxyl groups is 2. The van der Waals surface area contributed by atoms with Crippen LogP contribution in [0.5, 0.6) is 11.5 Å². The summed E-state index contributed by atoms with van der Waals surface area (Å²) >= 11 is 2.14. The zero-order chi connectivity index (χ0) is 29.1. The number of methoxy groups -OCH3 is 1. The predicted molar refractivity (Wildman–Crippen MR) is 159 cm³/mol. The van der Waals surface area contributed by atoms with E-state index in [1.807, 2.05) is 42.5 Å². The minimum absolute atomic E-state index is 0.00475. The monoisotopic (exact) mass is 664 g/mol. The summed E-state index contributed by atoms with van der Waals surface area (Å²) in [6.07, 6.45) is 1.01. The molecule has 216 valence electrons. The predicted octanol–water partition coefficient (Wildman–Crippen LogP) is 3.05. The highest BCUT2D eigenvalue weighted by molar-refractivity contribution is 14.1. The fraction of sp³-hybridized carbons (Fsp3) is 0.433. The summed E-state index contributed by atoms with van der Waals surface area (Å²) < 4.78 is 12.4. The summed E-state index contributed by atoms with van der Waals surface area (Å²) in [5.41, 5.74) is 1.32. The van der Waals surface area contributed by atoms with Gasteiger partial charge in [0.1, 0.15) is 29.5 Å². The number of Topliss-reactive ketones (excluding diaryl/α,β-unsaturated/α-hetero) is 1. The maximum atomic E-state index is 13.6. The van der Waals surface area contributed by atoms with Crippen LogP contribution >= 0.6 is 22.6 Å². The molecule has 2 aromatic rings. The summed E-state index contributed by atoms with van der Waals surface area (Å²) in [4.78, 5) is 39.7. The quantitative estimate of drug-likeness (QED) is 0.265. The number of nitrogens with one attached hydrogen (secondary N) is 1.